The van der Waals surface area contributed by atoms with Gasteiger partial charge in [-0.2, -0.15) is 13.2 Å². The van der Waals surface area contributed by atoms with Gasteiger partial charge in [0.15, 0.2) is 0 Å². The minimum Gasteiger partial charge on any atom is -0.383 e. The first kappa shape index (κ1) is 23.7. The number of aromatic nitrogens is 4. The zero-order valence-corrected chi connectivity index (χ0v) is 18.6. The number of pyridine rings is 3. The second kappa shape index (κ2) is 9.05. The van der Waals surface area contributed by atoms with Crippen LogP contribution in [0.4, 0.5) is 19.0 Å². The molecule has 2 amide bonds. The molecule has 0 saturated carbocycles. The first-order chi connectivity index (χ1) is 16.5. The summed E-state index contributed by atoms with van der Waals surface area (Å²) < 4.78 is 37.4. The van der Waals surface area contributed by atoms with Gasteiger partial charge in [0, 0.05) is 49.2 Å². The molecule has 9 nitrogen and oxygen atoms in total. The maximum atomic E-state index is 12.5. The lowest BCUT2D eigenvalue weighted by molar-refractivity contribution is -0.123. The van der Waals surface area contributed by atoms with Crippen LogP contribution in [0, 0.1) is 0 Å². The molecule has 0 aliphatic heterocycles. The van der Waals surface area contributed by atoms with Crippen LogP contribution in [-0.4, -0.2) is 63.5 Å². The SMILES string of the molecule is CN(C)C(=O)c1ccc(-c2cc(-c3ccnc4[nH]c(C(=O)NCC(F)(F)F)cc34)cnc2N)nc1. The van der Waals surface area contributed by atoms with Crippen LogP contribution in [-0.2, 0) is 0 Å². The van der Waals surface area contributed by atoms with Crippen molar-refractivity contribution in [2.45, 2.75) is 6.18 Å². The highest BCUT2D eigenvalue weighted by Crippen LogP contribution is 2.32. The number of nitrogen functional groups attached to an aromatic ring is 1. The zero-order valence-electron chi connectivity index (χ0n) is 18.6. The number of amides is 2. The fourth-order valence-electron chi connectivity index (χ4n) is 3.44. The van der Waals surface area contributed by atoms with Crippen LogP contribution in [0.2, 0.25) is 0 Å². The van der Waals surface area contributed by atoms with Crippen molar-refractivity contribution in [3.8, 4) is 22.4 Å². The molecule has 0 bridgehead atoms. The predicted molar refractivity (Wildman–Crippen MR) is 123 cm³/mol. The Morgan fingerprint density at radius 2 is 1.83 bits per heavy atom. The van der Waals surface area contributed by atoms with Crippen LogP contribution in [0.15, 0.2) is 48.9 Å². The summed E-state index contributed by atoms with van der Waals surface area (Å²) in [6.07, 6.45) is -0.0367. The smallest absolute Gasteiger partial charge is 0.383 e. The average Bonchev–Trinajstić information content (AvgIpc) is 3.27. The van der Waals surface area contributed by atoms with Crippen LogP contribution in [0.25, 0.3) is 33.4 Å². The van der Waals surface area contributed by atoms with Crippen molar-refractivity contribution in [3.63, 3.8) is 0 Å². The summed E-state index contributed by atoms with van der Waals surface area (Å²) in [5, 5.41) is 2.35. The Labute approximate surface area is 197 Å². The quantitative estimate of drug-likeness (QED) is 0.400. The van der Waals surface area contributed by atoms with E-state index in [-0.39, 0.29) is 17.4 Å². The first-order valence-electron chi connectivity index (χ1n) is 10.3. The van der Waals surface area contributed by atoms with E-state index in [0.29, 0.717) is 39.0 Å². The number of rotatable bonds is 5. The summed E-state index contributed by atoms with van der Waals surface area (Å²) >= 11 is 0. The topological polar surface area (TPSA) is 130 Å². The summed E-state index contributed by atoms with van der Waals surface area (Å²) in [5.41, 5.74) is 9.04. The van der Waals surface area contributed by atoms with Crippen molar-refractivity contribution < 1.29 is 22.8 Å². The number of anilines is 1. The Morgan fingerprint density at radius 3 is 2.49 bits per heavy atom. The van der Waals surface area contributed by atoms with E-state index >= 15 is 0 Å². The van der Waals surface area contributed by atoms with Gasteiger partial charge in [0.2, 0.25) is 0 Å². The van der Waals surface area contributed by atoms with Crippen molar-refractivity contribution in [2.75, 3.05) is 26.4 Å². The maximum absolute atomic E-state index is 12.5. The third-order valence-corrected chi connectivity index (χ3v) is 5.15. The van der Waals surface area contributed by atoms with E-state index in [1.165, 1.54) is 29.6 Å². The number of aromatic amines is 1. The van der Waals surface area contributed by atoms with Crippen molar-refractivity contribution in [1.29, 1.82) is 0 Å². The minimum absolute atomic E-state index is 0.0596. The van der Waals surface area contributed by atoms with E-state index in [1.807, 2.05) is 5.32 Å². The Bertz CT molecular complexity index is 1410. The molecular weight excluding hydrogens is 463 g/mol. The fraction of sp³-hybridized carbons (Fsp3) is 0.174. The molecule has 0 radical (unpaired) electrons. The number of carbonyl (C=O) groups excluding carboxylic acids is 2. The molecule has 4 heterocycles. The van der Waals surface area contributed by atoms with Gasteiger partial charge in [0.1, 0.15) is 23.7 Å². The van der Waals surface area contributed by atoms with Crippen molar-refractivity contribution in [2.24, 2.45) is 0 Å². The highest BCUT2D eigenvalue weighted by molar-refractivity contribution is 6.02. The minimum atomic E-state index is -4.52. The molecule has 0 aliphatic carbocycles. The zero-order chi connectivity index (χ0) is 25.3. The van der Waals surface area contributed by atoms with E-state index in [4.69, 9.17) is 5.73 Å². The molecule has 180 valence electrons. The number of H-pyrrole nitrogens is 1. The number of nitrogens with two attached hydrogens (primary N) is 1. The second-order valence-corrected chi connectivity index (χ2v) is 7.89. The molecule has 0 spiro atoms. The Balaban J connectivity index is 1.69. The molecule has 4 N–H and O–H groups in total. The number of fused-ring (bicyclic) bond motifs is 1. The largest absolute Gasteiger partial charge is 0.405 e. The highest BCUT2D eigenvalue weighted by atomic mass is 19.4. The summed E-state index contributed by atoms with van der Waals surface area (Å²) in [6, 6.07) is 8.17. The first-order valence-corrected chi connectivity index (χ1v) is 10.3. The fourth-order valence-corrected chi connectivity index (χ4v) is 3.44. The molecule has 0 aromatic carbocycles. The van der Waals surface area contributed by atoms with E-state index in [0.717, 1.165) is 0 Å². The van der Waals surface area contributed by atoms with Gasteiger partial charge in [-0.25, -0.2) is 9.97 Å². The lowest BCUT2D eigenvalue weighted by Crippen LogP contribution is -2.33. The Kier molecular flexibility index (Phi) is 6.12. The predicted octanol–water partition coefficient (Wildman–Crippen LogP) is 3.26. The molecule has 4 aromatic heterocycles. The maximum Gasteiger partial charge on any atom is 0.405 e. The molecular formula is C23H20F3N7O2. The van der Waals surface area contributed by atoms with Crippen molar-refractivity contribution in [1.82, 2.24) is 30.2 Å². The number of nitrogens with one attached hydrogen (secondary N) is 2. The van der Waals surface area contributed by atoms with E-state index in [9.17, 15) is 22.8 Å². The van der Waals surface area contributed by atoms with Crippen molar-refractivity contribution in [3.05, 3.63) is 60.2 Å². The van der Waals surface area contributed by atoms with Gasteiger partial charge in [-0.15, -0.1) is 0 Å². The molecule has 12 heteroatoms. The van der Waals surface area contributed by atoms with Crippen LogP contribution >= 0.6 is 0 Å². The molecule has 0 saturated heterocycles. The highest BCUT2D eigenvalue weighted by Gasteiger charge is 2.28. The van der Waals surface area contributed by atoms with Crippen LogP contribution in [0.3, 0.4) is 0 Å². The molecule has 35 heavy (non-hydrogen) atoms. The van der Waals surface area contributed by atoms with Crippen molar-refractivity contribution >= 4 is 28.7 Å². The van der Waals surface area contributed by atoms with Crippen LogP contribution in [0.1, 0.15) is 20.8 Å². The molecule has 0 aliphatic rings. The molecule has 0 atom stereocenters. The number of halogens is 3. The van der Waals surface area contributed by atoms with Crippen LogP contribution < -0.4 is 11.1 Å². The summed E-state index contributed by atoms with van der Waals surface area (Å²) in [7, 11) is 3.28. The third kappa shape index (κ3) is 5.05. The number of carbonyl (C=O) groups is 2. The number of hydrogen-bond donors (Lipinski definition) is 3. The van der Waals surface area contributed by atoms with Gasteiger partial charge in [0.05, 0.1) is 11.3 Å². The van der Waals surface area contributed by atoms with Gasteiger partial charge in [-0.05, 0) is 35.9 Å². The number of alkyl halides is 3. The summed E-state index contributed by atoms with van der Waals surface area (Å²) in [6.45, 7) is -1.45. The molecule has 0 unspecified atom stereocenters. The molecule has 0 fully saturated rings. The van der Waals surface area contributed by atoms with E-state index in [2.05, 4.69) is 19.9 Å². The summed E-state index contributed by atoms with van der Waals surface area (Å²) in [4.78, 5) is 41.2. The molecule has 4 rings (SSSR count). The van der Waals surface area contributed by atoms with Gasteiger partial charge < -0.3 is 20.9 Å². The third-order valence-electron chi connectivity index (χ3n) is 5.15. The second-order valence-electron chi connectivity index (χ2n) is 7.89. The van der Waals surface area contributed by atoms with E-state index in [1.54, 1.807) is 38.4 Å². The monoisotopic (exact) mass is 483 g/mol. The van der Waals surface area contributed by atoms with Gasteiger partial charge >= 0.3 is 6.18 Å². The van der Waals surface area contributed by atoms with Gasteiger partial charge in [-0.1, -0.05) is 0 Å². The van der Waals surface area contributed by atoms with Gasteiger partial charge in [0.25, 0.3) is 11.8 Å². The standard InChI is InChI=1S/C23H20F3N7O2/c1-33(2)22(35)12-3-4-17(29-9-12)16-7-13(10-30-19(16)27)14-5-6-28-20-15(14)8-18(32-20)21(34)31-11-23(24,25)26/h3-10H,11H2,1-2H3,(H2,27,30)(H,28,32)(H,31,34). The van der Waals surface area contributed by atoms with Crippen LogP contribution in [0.5, 0.6) is 0 Å². The summed E-state index contributed by atoms with van der Waals surface area (Å²) in [5.74, 6) is -0.871. The Hall–Kier alpha value is -4.48. The molecule has 4 aromatic rings. The van der Waals surface area contributed by atoms with Gasteiger partial charge in [-0.3, -0.25) is 14.6 Å². The Morgan fingerprint density at radius 1 is 1.06 bits per heavy atom. The number of nitrogens with zero attached hydrogens (tertiary/aromatic N) is 4. The average molecular weight is 483 g/mol. The lowest BCUT2D eigenvalue weighted by Gasteiger charge is -2.11. The van der Waals surface area contributed by atoms with E-state index < -0.39 is 18.6 Å². The normalized spacial score (nSPS) is 11.5. The lowest BCUT2D eigenvalue weighted by atomic mass is 10.0. The number of hydrogen-bond acceptors (Lipinski definition) is 6.